The minimum atomic E-state index is 0.252. The van der Waals surface area contributed by atoms with E-state index < -0.39 is 0 Å². The third-order valence-corrected chi connectivity index (χ3v) is 3.24. The van der Waals surface area contributed by atoms with E-state index in [1.807, 2.05) is 30.3 Å². The van der Waals surface area contributed by atoms with E-state index in [1.165, 1.54) is 0 Å². The van der Waals surface area contributed by atoms with Gasteiger partial charge in [0.15, 0.2) is 0 Å². The van der Waals surface area contributed by atoms with Crippen LogP contribution in [0.2, 0.25) is 0 Å². The lowest BCUT2D eigenvalue weighted by Gasteiger charge is -2.19. The van der Waals surface area contributed by atoms with Gasteiger partial charge in [0.2, 0.25) is 5.96 Å². The Morgan fingerprint density at radius 2 is 1.83 bits per heavy atom. The molecule has 0 aliphatic carbocycles. The predicted molar refractivity (Wildman–Crippen MR) is 78.4 cm³/mol. The van der Waals surface area contributed by atoms with Gasteiger partial charge >= 0.3 is 0 Å². The predicted octanol–water partition coefficient (Wildman–Crippen LogP) is 2.74. The van der Waals surface area contributed by atoms with Crippen molar-refractivity contribution < 1.29 is 0 Å². The molecule has 1 aromatic rings. The standard InChI is InChI=1S/C14H24N4/c1-4-12(5-2)11(3)16-14(18-15)17-13-9-7-6-8-10-13/h6-12H,4-5,15H2,1-3H3,(H2,16,17,18). The summed E-state index contributed by atoms with van der Waals surface area (Å²) in [6, 6.07) is 10.1. The zero-order valence-electron chi connectivity index (χ0n) is 11.5. The van der Waals surface area contributed by atoms with Crippen LogP contribution in [0.25, 0.3) is 0 Å². The lowest BCUT2D eigenvalue weighted by atomic mass is 9.96. The molecule has 1 aromatic carbocycles. The molecule has 4 nitrogen and oxygen atoms in total. The van der Waals surface area contributed by atoms with E-state index in [2.05, 4.69) is 36.5 Å². The summed E-state index contributed by atoms with van der Waals surface area (Å²) < 4.78 is 0. The van der Waals surface area contributed by atoms with Gasteiger partial charge in [-0.1, -0.05) is 44.9 Å². The largest absolute Gasteiger partial charge is 0.325 e. The quantitative estimate of drug-likeness (QED) is 0.325. The summed E-state index contributed by atoms with van der Waals surface area (Å²) in [7, 11) is 0. The molecule has 0 amide bonds. The van der Waals surface area contributed by atoms with Crippen LogP contribution < -0.4 is 16.6 Å². The van der Waals surface area contributed by atoms with E-state index in [9.17, 15) is 0 Å². The van der Waals surface area contributed by atoms with E-state index in [1.54, 1.807) is 0 Å². The molecule has 1 atom stereocenters. The van der Waals surface area contributed by atoms with Crippen LogP contribution in [-0.4, -0.2) is 12.0 Å². The molecule has 0 aliphatic heterocycles. The van der Waals surface area contributed by atoms with Crippen LogP contribution in [0.3, 0.4) is 0 Å². The normalized spacial score (nSPS) is 13.5. The van der Waals surface area contributed by atoms with Crippen molar-refractivity contribution in [3.63, 3.8) is 0 Å². The molecule has 0 fully saturated rings. The SMILES string of the molecule is CCC(CC)C(C)N=C(NN)Nc1ccccc1. The van der Waals surface area contributed by atoms with Crippen LogP contribution in [-0.2, 0) is 0 Å². The van der Waals surface area contributed by atoms with E-state index in [0.29, 0.717) is 11.9 Å². The first-order chi connectivity index (χ1) is 8.71. The topological polar surface area (TPSA) is 62.4 Å². The molecule has 100 valence electrons. The highest BCUT2D eigenvalue weighted by Crippen LogP contribution is 2.16. The number of nitrogens with two attached hydrogens (primary N) is 1. The molecule has 4 N–H and O–H groups in total. The van der Waals surface area contributed by atoms with Gasteiger partial charge in [-0.05, 0) is 25.0 Å². The Morgan fingerprint density at radius 1 is 1.22 bits per heavy atom. The van der Waals surface area contributed by atoms with E-state index in [4.69, 9.17) is 5.84 Å². The third-order valence-electron chi connectivity index (χ3n) is 3.24. The van der Waals surface area contributed by atoms with Crippen LogP contribution in [0.5, 0.6) is 0 Å². The monoisotopic (exact) mass is 248 g/mol. The number of aliphatic imine (C=N–C) groups is 1. The van der Waals surface area contributed by atoms with Crippen LogP contribution in [0.1, 0.15) is 33.6 Å². The van der Waals surface area contributed by atoms with Crippen molar-refractivity contribution in [2.45, 2.75) is 39.7 Å². The molecule has 18 heavy (non-hydrogen) atoms. The van der Waals surface area contributed by atoms with Crippen molar-refractivity contribution in [2.75, 3.05) is 5.32 Å². The molecular weight excluding hydrogens is 224 g/mol. The summed E-state index contributed by atoms with van der Waals surface area (Å²) in [6.07, 6.45) is 2.26. The summed E-state index contributed by atoms with van der Waals surface area (Å²) in [4.78, 5) is 4.60. The average Bonchev–Trinajstić information content (AvgIpc) is 2.40. The summed E-state index contributed by atoms with van der Waals surface area (Å²) in [5.41, 5.74) is 3.60. The minimum absolute atomic E-state index is 0.252. The third kappa shape index (κ3) is 4.37. The van der Waals surface area contributed by atoms with Gasteiger partial charge in [-0.3, -0.25) is 5.43 Å². The highest BCUT2D eigenvalue weighted by molar-refractivity contribution is 5.93. The highest BCUT2D eigenvalue weighted by Gasteiger charge is 2.13. The van der Waals surface area contributed by atoms with Crippen molar-refractivity contribution in [3.05, 3.63) is 30.3 Å². The molecular formula is C14H24N4. The fourth-order valence-electron chi connectivity index (χ4n) is 2.04. The van der Waals surface area contributed by atoms with Gasteiger partial charge in [-0.15, -0.1) is 0 Å². The molecule has 0 saturated carbocycles. The minimum Gasteiger partial charge on any atom is -0.325 e. The molecule has 0 aromatic heterocycles. The lowest BCUT2D eigenvalue weighted by molar-refractivity contribution is 0.418. The van der Waals surface area contributed by atoms with Crippen molar-refractivity contribution in [3.8, 4) is 0 Å². The summed E-state index contributed by atoms with van der Waals surface area (Å²) in [5.74, 6) is 6.71. The number of para-hydroxylation sites is 1. The Balaban J connectivity index is 2.70. The van der Waals surface area contributed by atoms with E-state index >= 15 is 0 Å². The van der Waals surface area contributed by atoms with Gasteiger partial charge in [0.25, 0.3) is 0 Å². The van der Waals surface area contributed by atoms with Crippen LogP contribution >= 0.6 is 0 Å². The Hall–Kier alpha value is -1.55. The zero-order chi connectivity index (χ0) is 13.4. The van der Waals surface area contributed by atoms with Crippen molar-refractivity contribution >= 4 is 11.6 Å². The molecule has 4 heteroatoms. The highest BCUT2D eigenvalue weighted by atomic mass is 15.3. The fraction of sp³-hybridized carbons (Fsp3) is 0.500. The smallest absolute Gasteiger partial charge is 0.210 e. The Morgan fingerprint density at radius 3 is 2.33 bits per heavy atom. The first kappa shape index (κ1) is 14.5. The summed E-state index contributed by atoms with van der Waals surface area (Å²) in [6.45, 7) is 6.52. The maximum absolute atomic E-state index is 5.51. The Labute approximate surface area is 110 Å². The number of guanidine groups is 1. The van der Waals surface area contributed by atoms with Gasteiger partial charge in [0.05, 0.1) is 6.04 Å². The van der Waals surface area contributed by atoms with Crippen LogP contribution in [0, 0.1) is 5.92 Å². The first-order valence-electron chi connectivity index (χ1n) is 6.57. The van der Waals surface area contributed by atoms with Gasteiger partial charge < -0.3 is 5.32 Å². The molecule has 0 heterocycles. The van der Waals surface area contributed by atoms with Crippen LogP contribution in [0.15, 0.2) is 35.3 Å². The van der Waals surface area contributed by atoms with Gasteiger partial charge in [-0.25, -0.2) is 10.8 Å². The number of nitrogens with zero attached hydrogens (tertiary/aromatic N) is 1. The second-order valence-electron chi connectivity index (χ2n) is 4.43. The second-order valence-corrected chi connectivity index (χ2v) is 4.43. The van der Waals surface area contributed by atoms with Gasteiger partial charge in [-0.2, -0.15) is 0 Å². The fourth-order valence-corrected chi connectivity index (χ4v) is 2.04. The first-order valence-corrected chi connectivity index (χ1v) is 6.57. The van der Waals surface area contributed by atoms with Crippen molar-refractivity contribution in [1.82, 2.24) is 5.43 Å². The maximum Gasteiger partial charge on any atom is 0.210 e. The molecule has 0 aliphatic rings. The van der Waals surface area contributed by atoms with Crippen molar-refractivity contribution in [1.29, 1.82) is 0 Å². The zero-order valence-corrected chi connectivity index (χ0v) is 11.5. The molecule has 0 bridgehead atoms. The van der Waals surface area contributed by atoms with Gasteiger partial charge in [0, 0.05) is 5.69 Å². The van der Waals surface area contributed by atoms with E-state index in [-0.39, 0.29) is 6.04 Å². The molecule has 0 saturated heterocycles. The van der Waals surface area contributed by atoms with E-state index in [0.717, 1.165) is 18.5 Å². The molecule has 0 radical (unpaired) electrons. The number of hydrogen-bond donors (Lipinski definition) is 3. The number of nitrogens with one attached hydrogen (secondary N) is 2. The Bertz CT molecular complexity index is 357. The number of hydrogen-bond acceptors (Lipinski definition) is 2. The number of hydrazine groups is 1. The lowest BCUT2D eigenvalue weighted by Crippen LogP contribution is -2.37. The van der Waals surface area contributed by atoms with Crippen LogP contribution in [0.4, 0.5) is 5.69 Å². The number of rotatable bonds is 5. The Kier molecular flexibility index (Phi) is 6.22. The number of benzene rings is 1. The number of anilines is 1. The summed E-state index contributed by atoms with van der Waals surface area (Å²) in [5, 5.41) is 3.18. The van der Waals surface area contributed by atoms with Crippen molar-refractivity contribution in [2.24, 2.45) is 16.8 Å². The second kappa shape index (κ2) is 7.71. The average molecular weight is 248 g/mol. The molecule has 1 unspecified atom stereocenters. The molecule has 0 spiro atoms. The van der Waals surface area contributed by atoms with Gasteiger partial charge in [0.1, 0.15) is 0 Å². The maximum atomic E-state index is 5.51. The molecule has 1 rings (SSSR count). The summed E-state index contributed by atoms with van der Waals surface area (Å²) >= 11 is 0.